The first kappa shape index (κ1) is 12.3. The molecule has 1 fully saturated rings. The minimum absolute atomic E-state index is 0.0419. The molecule has 1 aromatic rings. The predicted molar refractivity (Wildman–Crippen MR) is 66.7 cm³/mol. The molecular formula is C11H12Cl2N2O2. The van der Waals surface area contributed by atoms with Gasteiger partial charge in [0, 0.05) is 19.0 Å². The second kappa shape index (κ2) is 5.02. The van der Waals surface area contributed by atoms with Crippen molar-refractivity contribution in [3.63, 3.8) is 0 Å². The van der Waals surface area contributed by atoms with Crippen molar-refractivity contribution in [1.29, 1.82) is 0 Å². The number of hydrogen-bond acceptors (Lipinski definition) is 2. The van der Waals surface area contributed by atoms with Crippen LogP contribution in [0, 0.1) is 0 Å². The third-order valence-corrected chi connectivity index (χ3v) is 3.39. The summed E-state index contributed by atoms with van der Waals surface area (Å²) in [7, 11) is 0. The molecule has 1 aliphatic rings. The van der Waals surface area contributed by atoms with Crippen molar-refractivity contribution >= 4 is 29.2 Å². The van der Waals surface area contributed by atoms with Crippen molar-refractivity contribution in [2.45, 2.75) is 12.5 Å². The van der Waals surface area contributed by atoms with E-state index in [0.717, 1.165) is 6.42 Å². The summed E-state index contributed by atoms with van der Waals surface area (Å²) >= 11 is 11.7. The van der Waals surface area contributed by atoms with Gasteiger partial charge in [-0.05, 0) is 12.1 Å². The van der Waals surface area contributed by atoms with E-state index in [2.05, 4.69) is 0 Å². The maximum atomic E-state index is 11.0. The van der Waals surface area contributed by atoms with Crippen molar-refractivity contribution in [3.05, 3.63) is 28.2 Å². The van der Waals surface area contributed by atoms with E-state index < -0.39 is 6.03 Å². The van der Waals surface area contributed by atoms with E-state index in [9.17, 15) is 4.79 Å². The maximum Gasteiger partial charge on any atom is 0.314 e. The number of nitrogens with zero attached hydrogens (tertiary/aromatic N) is 1. The Hall–Kier alpha value is -1.13. The lowest BCUT2D eigenvalue weighted by Crippen LogP contribution is -2.35. The van der Waals surface area contributed by atoms with Gasteiger partial charge in [-0.1, -0.05) is 23.2 Å². The Morgan fingerprint density at radius 1 is 1.41 bits per heavy atom. The lowest BCUT2D eigenvalue weighted by atomic mass is 10.3. The molecule has 0 spiro atoms. The van der Waals surface area contributed by atoms with Crippen molar-refractivity contribution in [3.8, 4) is 5.75 Å². The Morgan fingerprint density at radius 3 is 2.76 bits per heavy atom. The summed E-state index contributed by atoms with van der Waals surface area (Å²) in [5.74, 6) is 0.649. The molecule has 1 aliphatic heterocycles. The molecule has 92 valence electrons. The third kappa shape index (κ3) is 2.96. The number of rotatable bonds is 2. The van der Waals surface area contributed by atoms with E-state index in [1.165, 1.54) is 0 Å². The van der Waals surface area contributed by atoms with Gasteiger partial charge < -0.3 is 15.4 Å². The number of carbonyl (C=O) groups is 1. The first-order valence-electron chi connectivity index (χ1n) is 5.22. The summed E-state index contributed by atoms with van der Waals surface area (Å²) in [6, 6.07) is 4.68. The Kier molecular flexibility index (Phi) is 3.64. The second-order valence-corrected chi connectivity index (χ2v) is 4.70. The zero-order valence-corrected chi connectivity index (χ0v) is 10.5. The standard InChI is InChI=1S/C11H12Cl2N2O2/c12-9-2-1-7(5-10(9)13)17-8-3-4-15(6-8)11(14)16/h1-2,5,8H,3-4,6H2,(H2,14,16). The first-order valence-corrected chi connectivity index (χ1v) is 5.98. The van der Waals surface area contributed by atoms with E-state index in [1.807, 2.05) is 0 Å². The number of likely N-dealkylation sites (tertiary alicyclic amines) is 1. The Morgan fingerprint density at radius 2 is 2.18 bits per heavy atom. The molecule has 1 saturated heterocycles. The largest absolute Gasteiger partial charge is 0.488 e. The average molecular weight is 275 g/mol. The van der Waals surface area contributed by atoms with Gasteiger partial charge in [0.25, 0.3) is 0 Å². The van der Waals surface area contributed by atoms with Gasteiger partial charge in [0.1, 0.15) is 11.9 Å². The molecule has 0 saturated carbocycles. The molecule has 4 nitrogen and oxygen atoms in total. The number of amides is 2. The molecule has 0 bridgehead atoms. The van der Waals surface area contributed by atoms with Gasteiger partial charge in [0.05, 0.1) is 16.6 Å². The first-order chi connectivity index (χ1) is 8.06. The number of urea groups is 1. The highest BCUT2D eigenvalue weighted by Crippen LogP contribution is 2.27. The van der Waals surface area contributed by atoms with Crippen molar-refractivity contribution in [2.75, 3.05) is 13.1 Å². The summed E-state index contributed by atoms with van der Waals surface area (Å²) in [6.45, 7) is 1.14. The Bertz CT molecular complexity index is 439. The number of benzene rings is 1. The molecular weight excluding hydrogens is 263 g/mol. The van der Waals surface area contributed by atoms with Crippen LogP contribution in [0.4, 0.5) is 4.79 Å². The summed E-state index contributed by atoms with van der Waals surface area (Å²) in [4.78, 5) is 12.5. The van der Waals surface area contributed by atoms with Crippen LogP contribution < -0.4 is 10.5 Å². The second-order valence-electron chi connectivity index (χ2n) is 3.89. The van der Waals surface area contributed by atoms with Gasteiger partial charge in [0.2, 0.25) is 0 Å². The number of ether oxygens (including phenoxy) is 1. The summed E-state index contributed by atoms with van der Waals surface area (Å²) < 4.78 is 5.70. The molecule has 0 aliphatic carbocycles. The minimum atomic E-state index is -0.412. The number of halogens is 2. The SMILES string of the molecule is NC(=O)N1CCC(Oc2ccc(Cl)c(Cl)c2)C1. The predicted octanol–water partition coefficient (Wildman–Crippen LogP) is 2.53. The van der Waals surface area contributed by atoms with E-state index >= 15 is 0 Å². The van der Waals surface area contributed by atoms with E-state index in [1.54, 1.807) is 23.1 Å². The number of hydrogen-bond donors (Lipinski definition) is 1. The normalized spacial score (nSPS) is 19.4. The van der Waals surface area contributed by atoms with Gasteiger partial charge in [-0.3, -0.25) is 0 Å². The summed E-state index contributed by atoms with van der Waals surface area (Å²) in [5, 5.41) is 0.943. The van der Waals surface area contributed by atoms with Gasteiger partial charge in [0.15, 0.2) is 0 Å². The highest BCUT2D eigenvalue weighted by Gasteiger charge is 2.26. The lowest BCUT2D eigenvalue weighted by molar-refractivity contribution is 0.192. The summed E-state index contributed by atoms with van der Waals surface area (Å²) in [5.41, 5.74) is 5.19. The van der Waals surface area contributed by atoms with E-state index in [0.29, 0.717) is 28.9 Å². The van der Waals surface area contributed by atoms with Gasteiger partial charge >= 0.3 is 6.03 Å². The fourth-order valence-electron chi connectivity index (χ4n) is 1.77. The third-order valence-electron chi connectivity index (χ3n) is 2.65. The molecule has 2 amide bonds. The van der Waals surface area contributed by atoms with Gasteiger partial charge in [-0.15, -0.1) is 0 Å². The fraction of sp³-hybridized carbons (Fsp3) is 0.364. The highest BCUT2D eigenvalue weighted by atomic mass is 35.5. The zero-order valence-electron chi connectivity index (χ0n) is 9.03. The molecule has 1 atom stereocenters. The Labute approximate surface area is 109 Å². The molecule has 17 heavy (non-hydrogen) atoms. The van der Waals surface area contributed by atoms with Crippen LogP contribution in [0.15, 0.2) is 18.2 Å². The van der Waals surface area contributed by atoms with Gasteiger partial charge in [-0.25, -0.2) is 4.79 Å². The van der Waals surface area contributed by atoms with Crippen molar-refractivity contribution in [2.24, 2.45) is 5.73 Å². The van der Waals surface area contributed by atoms with Crippen LogP contribution >= 0.6 is 23.2 Å². The molecule has 1 aromatic carbocycles. The van der Waals surface area contributed by atoms with Crippen LogP contribution in [-0.2, 0) is 0 Å². The molecule has 1 unspecified atom stereocenters. The topological polar surface area (TPSA) is 55.6 Å². The highest BCUT2D eigenvalue weighted by molar-refractivity contribution is 6.42. The average Bonchev–Trinajstić information content (AvgIpc) is 2.72. The van der Waals surface area contributed by atoms with Crippen molar-refractivity contribution in [1.82, 2.24) is 4.90 Å². The lowest BCUT2D eigenvalue weighted by Gasteiger charge is -2.15. The van der Waals surface area contributed by atoms with Crippen LogP contribution in [0.3, 0.4) is 0 Å². The maximum absolute atomic E-state index is 11.0. The van der Waals surface area contributed by atoms with Crippen LogP contribution in [0.2, 0.25) is 10.0 Å². The quantitative estimate of drug-likeness (QED) is 0.901. The van der Waals surface area contributed by atoms with E-state index in [-0.39, 0.29) is 6.10 Å². The number of nitrogens with two attached hydrogens (primary N) is 1. The minimum Gasteiger partial charge on any atom is -0.488 e. The molecule has 6 heteroatoms. The monoisotopic (exact) mass is 274 g/mol. The number of carbonyl (C=O) groups excluding carboxylic acids is 1. The summed E-state index contributed by atoms with van der Waals surface area (Å²) in [6.07, 6.45) is 0.725. The molecule has 2 rings (SSSR count). The van der Waals surface area contributed by atoms with Crippen LogP contribution in [0.5, 0.6) is 5.75 Å². The van der Waals surface area contributed by atoms with Crippen molar-refractivity contribution < 1.29 is 9.53 Å². The zero-order chi connectivity index (χ0) is 12.4. The molecule has 0 radical (unpaired) electrons. The van der Waals surface area contributed by atoms with E-state index in [4.69, 9.17) is 33.7 Å². The van der Waals surface area contributed by atoms with Crippen LogP contribution in [0.25, 0.3) is 0 Å². The molecule has 1 heterocycles. The van der Waals surface area contributed by atoms with Crippen LogP contribution in [-0.4, -0.2) is 30.1 Å². The smallest absolute Gasteiger partial charge is 0.314 e. The molecule has 2 N–H and O–H groups in total. The number of primary amides is 1. The van der Waals surface area contributed by atoms with Gasteiger partial charge in [-0.2, -0.15) is 0 Å². The fourth-order valence-corrected chi connectivity index (χ4v) is 2.06. The Balaban J connectivity index is 1.98. The molecule has 0 aromatic heterocycles. The van der Waals surface area contributed by atoms with Crippen LogP contribution in [0.1, 0.15) is 6.42 Å².